The molecule has 0 bridgehead atoms. The van der Waals surface area contributed by atoms with Crippen LogP contribution in [0.4, 0.5) is 5.69 Å². The third-order valence-electron chi connectivity index (χ3n) is 5.21. The van der Waals surface area contributed by atoms with Gasteiger partial charge in [-0.2, -0.15) is 0 Å². The summed E-state index contributed by atoms with van der Waals surface area (Å²) in [7, 11) is 3.08. The average Bonchev–Trinajstić information content (AvgIpc) is 3.23. The topological polar surface area (TPSA) is 99.8 Å². The lowest BCUT2D eigenvalue weighted by Gasteiger charge is -2.10. The van der Waals surface area contributed by atoms with Gasteiger partial charge in [-0.15, -0.1) is 10.2 Å². The molecule has 0 aliphatic carbocycles. The van der Waals surface area contributed by atoms with E-state index in [0.29, 0.717) is 22.3 Å². The van der Waals surface area contributed by atoms with E-state index in [9.17, 15) is 9.59 Å². The molecular formula is C23H23N5O4S. The molecule has 4 aromatic rings. The molecule has 33 heavy (non-hydrogen) atoms. The van der Waals surface area contributed by atoms with Crippen molar-refractivity contribution in [3.05, 3.63) is 70.3 Å². The predicted molar refractivity (Wildman–Crippen MR) is 127 cm³/mol. The Hall–Kier alpha value is -3.79. The van der Waals surface area contributed by atoms with Crippen molar-refractivity contribution in [2.24, 2.45) is 0 Å². The number of amides is 1. The molecule has 0 aliphatic rings. The predicted octanol–water partition coefficient (Wildman–Crippen LogP) is 3.25. The number of rotatable bonds is 7. The molecule has 170 valence electrons. The van der Waals surface area contributed by atoms with Gasteiger partial charge in [0.15, 0.2) is 16.7 Å². The highest BCUT2D eigenvalue weighted by atomic mass is 32.2. The van der Waals surface area contributed by atoms with Crippen molar-refractivity contribution in [1.29, 1.82) is 0 Å². The zero-order chi connectivity index (χ0) is 23.5. The molecule has 10 heteroatoms. The minimum atomic E-state index is -0.283. The standard InChI is InChI=1S/C23H23N5O4S/c1-14-5-7-17(11-15(14)2)27-9-10-28-21(22(27)30)25-26-23(28)33-13-20(29)24-16-6-8-18(31-3)19(12-16)32-4/h5-12H,13H2,1-4H3,(H,24,29). The summed E-state index contributed by atoms with van der Waals surface area (Å²) in [5.41, 5.74) is 3.50. The van der Waals surface area contributed by atoms with Crippen LogP contribution in [0.3, 0.4) is 0 Å². The lowest BCUT2D eigenvalue weighted by Crippen LogP contribution is -2.20. The number of hydrogen-bond acceptors (Lipinski definition) is 7. The summed E-state index contributed by atoms with van der Waals surface area (Å²) in [6.07, 6.45) is 3.40. The second kappa shape index (κ2) is 9.37. The van der Waals surface area contributed by atoms with E-state index in [1.54, 1.807) is 42.1 Å². The van der Waals surface area contributed by atoms with Gasteiger partial charge >= 0.3 is 5.56 Å². The number of aromatic nitrogens is 4. The van der Waals surface area contributed by atoms with Crippen LogP contribution >= 0.6 is 11.8 Å². The first-order valence-corrected chi connectivity index (χ1v) is 11.1. The number of carbonyl (C=O) groups excluding carboxylic acids is 1. The van der Waals surface area contributed by atoms with Gasteiger partial charge in [0.2, 0.25) is 11.6 Å². The zero-order valence-corrected chi connectivity index (χ0v) is 19.5. The normalized spacial score (nSPS) is 10.9. The van der Waals surface area contributed by atoms with Crippen molar-refractivity contribution in [2.45, 2.75) is 19.0 Å². The Morgan fingerprint density at radius 3 is 2.52 bits per heavy atom. The van der Waals surface area contributed by atoms with Gasteiger partial charge in [0.05, 0.1) is 20.0 Å². The fourth-order valence-electron chi connectivity index (χ4n) is 3.28. The van der Waals surface area contributed by atoms with Crippen LogP contribution in [0, 0.1) is 13.8 Å². The summed E-state index contributed by atoms with van der Waals surface area (Å²) in [5.74, 6) is 0.959. The molecule has 1 amide bonds. The average molecular weight is 466 g/mol. The van der Waals surface area contributed by atoms with Crippen LogP contribution in [0.1, 0.15) is 11.1 Å². The Morgan fingerprint density at radius 2 is 1.79 bits per heavy atom. The highest BCUT2D eigenvalue weighted by Crippen LogP contribution is 2.30. The van der Waals surface area contributed by atoms with E-state index in [0.717, 1.165) is 16.8 Å². The molecule has 2 aromatic heterocycles. The van der Waals surface area contributed by atoms with Crippen molar-refractivity contribution in [1.82, 2.24) is 19.2 Å². The first-order valence-electron chi connectivity index (χ1n) is 10.1. The molecule has 1 N–H and O–H groups in total. The maximum Gasteiger partial charge on any atom is 0.300 e. The number of benzene rings is 2. The van der Waals surface area contributed by atoms with Crippen LogP contribution < -0.4 is 20.3 Å². The summed E-state index contributed by atoms with van der Waals surface area (Å²) < 4.78 is 13.6. The van der Waals surface area contributed by atoms with Gasteiger partial charge in [-0.3, -0.25) is 18.6 Å². The number of nitrogens with one attached hydrogen (secondary N) is 1. The number of hydrogen-bond donors (Lipinski definition) is 1. The number of aryl methyl sites for hydroxylation is 2. The Labute approximate surface area is 194 Å². The summed E-state index contributed by atoms with van der Waals surface area (Å²) in [6, 6.07) is 11.0. The van der Waals surface area contributed by atoms with Crippen LogP contribution in [0.15, 0.2) is 58.7 Å². The summed E-state index contributed by atoms with van der Waals surface area (Å²) >= 11 is 1.19. The number of anilines is 1. The molecule has 0 spiro atoms. The van der Waals surface area contributed by atoms with E-state index in [2.05, 4.69) is 15.5 Å². The highest BCUT2D eigenvalue weighted by molar-refractivity contribution is 7.99. The molecule has 0 atom stereocenters. The van der Waals surface area contributed by atoms with Crippen LogP contribution in [0.25, 0.3) is 11.3 Å². The van der Waals surface area contributed by atoms with E-state index in [4.69, 9.17) is 9.47 Å². The van der Waals surface area contributed by atoms with Crippen molar-refractivity contribution in [2.75, 3.05) is 25.3 Å². The second-order valence-electron chi connectivity index (χ2n) is 7.32. The fraction of sp³-hybridized carbons (Fsp3) is 0.217. The molecule has 0 saturated carbocycles. The van der Waals surface area contributed by atoms with E-state index in [-0.39, 0.29) is 22.9 Å². The minimum absolute atomic E-state index is 0.0926. The Kier molecular flexibility index (Phi) is 6.36. The number of ether oxygens (including phenoxy) is 2. The number of thioether (sulfide) groups is 1. The third-order valence-corrected chi connectivity index (χ3v) is 6.15. The monoisotopic (exact) mass is 465 g/mol. The SMILES string of the molecule is COc1ccc(NC(=O)CSc2nnc3c(=O)n(-c4ccc(C)c(C)c4)ccn23)cc1OC. The Morgan fingerprint density at radius 1 is 1.00 bits per heavy atom. The molecule has 2 heterocycles. The van der Waals surface area contributed by atoms with Gasteiger partial charge in [0.1, 0.15) is 0 Å². The maximum atomic E-state index is 13.0. The van der Waals surface area contributed by atoms with Gasteiger partial charge in [-0.1, -0.05) is 17.8 Å². The van der Waals surface area contributed by atoms with Crippen molar-refractivity contribution in [3.8, 4) is 17.2 Å². The van der Waals surface area contributed by atoms with E-state index in [1.807, 2.05) is 32.0 Å². The molecule has 0 radical (unpaired) electrons. The van der Waals surface area contributed by atoms with Gasteiger partial charge < -0.3 is 14.8 Å². The summed E-state index contributed by atoms with van der Waals surface area (Å²) in [4.78, 5) is 25.4. The number of fused-ring (bicyclic) bond motifs is 1. The van der Waals surface area contributed by atoms with E-state index < -0.39 is 0 Å². The van der Waals surface area contributed by atoms with Crippen LogP contribution in [-0.4, -0.2) is 45.0 Å². The smallest absolute Gasteiger partial charge is 0.300 e. The Bertz CT molecular complexity index is 1400. The van der Waals surface area contributed by atoms with Gasteiger partial charge in [0, 0.05) is 29.8 Å². The minimum Gasteiger partial charge on any atom is -0.493 e. The molecule has 0 unspecified atom stereocenters. The number of carbonyl (C=O) groups is 1. The second-order valence-corrected chi connectivity index (χ2v) is 8.27. The molecular weight excluding hydrogens is 442 g/mol. The van der Waals surface area contributed by atoms with Gasteiger partial charge in [-0.05, 0) is 49.2 Å². The zero-order valence-electron chi connectivity index (χ0n) is 18.7. The first-order chi connectivity index (χ1) is 15.9. The molecule has 9 nitrogen and oxygen atoms in total. The molecule has 0 fully saturated rings. The lowest BCUT2D eigenvalue weighted by atomic mass is 10.1. The third kappa shape index (κ3) is 4.56. The molecule has 2 aromatic carbocycles. The lowest BCUT2D eigenvalue weighted by molar-refractivity contribution is -0.113. The fourth-order valence-corrected chi connectivity index (χ4v) is 4.00. The molecule has 4 rings (SSSR count). The highest BCUT2D eigenvalue weighted by Gasteiger charge is 2.14. The van der Waals surface area contributed by atoms with Gasteiger partial charge in [-0.25, -0.2) is 0 Å². The van der Waals surface area contributed by atoms with Crippen molar-refractivity contribution < 1.29 is 14.3 Å². The number of nitrogens with zero attached hydrogens (tertiary/aromatic N) is 4. The first kappa shape index (κ1) is 22.4. The maximum absolute atomic E-state index is 13.0. The Balaban J connectivity index is 1.49. The van der Waals surface area contributed by atoms with Crippen molar-refractivity contribution in [3.63, 3.8) is 0 Å². The summed E-state index contributed by atoms with van der Waals surface area (Å²) in [6.45, 7) is 4.02. The summed E-state index contributed by atoms with van der Waals surface area (Å²) in [5, 5.41) is 11.4. The van der Waals surface area contributed by atoms with Crippen LogP contribution in [-0.2, 0) is 4.79 Å². The largest absolute Gasteiger partial charge is 0.493 e. The molecule has 0 aliphatic heterocycles. The van der Waals surface area contributed by atoms with E-state index >= 15 is 0 Å². The van der Waals surface area contributed by atoms with Gasteiger partial charge in [0.25, 0.3) is 0 Å². The quantitative estimate of drug-likeness (QED) is 0.418. The van der Waals surface area contributed by atoms with Crippen LogP contribution in [0.2, 0.25) is 0 Å². The molecule has 0 saturated heterocycles. The van der Waals surface area contributed by atoms with Crippen LogP contribution in [0.5, 0.6) is 11.5 Å². The van der Waals surface area contributed by atoms with Crippen molar-refractivity contribution >= 4 is 29.0 Å². The van der Waals surface area contributed by atoms with E-state index in [1.165, 1.54) is 23.4 Å². The number of methoxy groups -OCH3 is 2.